The number of anilines is 1. The largest absolute Gasteiger partial charge is 0.455 e. The first kappa shape index (κ1) is 17.0. The number of benzene rings is 2. The second-order valence-corrected chi connectivity index (χ2v) is 7.28. The van der Waals surface area contributed by atoms with Gasteiger partial charge < -0.3 is 15.4 Å². The Hall–Kier alpha value is -2.40. The van der Waals surface area contributed by atoms with Crippen LogP contribution in [0.25, 0.3) is 0 Å². The molecular weight excluding hydrogens is 331 g/mol. The van der Waals surface area contributed by atoms with E-state index in [0.717, 1.165) is 12.8 Å². The molecule has 2 N–H and O–H groups in total. The predicted octanol–water partition coefficient (Wildman–Crippen LogP) is 4.48. The summed E-state index contributed by atoms with van der Waals surface area (Å²) in [5.74, 6) is 0.988. The normalized spacial score (nSPS) is 24.3. The van der Waals surface area contributed by atoms with Gasteiger partial charge in [-0.05, 0) is 55.9 Å². The summed E-state index contributed by atoms with van der Waals surface area (Å²) in [4.78, 5) is 12.5. The van der Waals surface area contributed by atoms with E-state index in [4.69, 9.17) is 4.74 Å². The summed E-state index contributed by atoms with van der Waals surface area (Å²) < 4.78 is 19.5. The molecule has 136 valence electrons. The molecule has 2 aliphatic rings. The van der Waals surface area contributed by atoms with Crippen molar-refractivity contribution in [2.45, 2.75) is 44.2 Å². The lowest BCUT2D eigenvalue weighted by Crippen LogP contribution is -2.39. The fourth-order valence-electron chi connectivity index (χ4n) is 4.11. The van der Waals surface area contributed by atoms with E-state index in [1.807, 2.05) is 30.3 Å². The van der Waals surface area contributed by atoms with Crippen molar-refractivity contribution in [2.75, 3.05) is 5.32 Å². The number of halogens is 1. The number of para-hydroxylation sites is 1. The summed E-state index contributed by atoms with van der Waals surface area (Å²) in [7, 11) is 0. The number of hydrogen-bond acceptors (Lipinski definition) is 3. The Morgan fingerprint density at radius 3 is 2.58 bits per heavy atom. The number of nitrogens with one attached hydrogen (secondary N) is 2. The number of amides is 1. The van der Waals surface area contributed by atoms with E-state index < -0.39 is 5.82 Å². The van der Waals surface area contributed by atoms with E-state index in [-0.39, 0.29) is 5.91 Å². The standard InChI is InChI=1S/C21H23FN2O2/c22-15-6-9-20(26-18-4-2-1-3-5-18)19(13-15)24-21(25)12-14-10-16-7-8-17(11-14)23-16/h1-6,9,13-14,16-17,23H,7-8,10-12H2,(H,24,25). The van der Waals surface area contributed by atoms with E-state index in [1.165, 1.54) is 25.0 Å². The van der Waals surface area contributed by atoms with Crippen LogP contribution in [-0.4, -0.2) is 18.0 Å². The number of carbonyl (C=O) groups excluding carboxylic acids is 1. The molecule has 4 rings (SSSR count). The highest BCUT2D eigenvalue weighted by Crippen LogP contribution is 2.34. The molecule has 0 saturated carbocycles. The van der Waals surface area contributed by atoms with Crippen LogP contribution in [0.1, 0.15) is 32.1 Å². The number of carbonyl (C=O) groups is 1. The monoisotopic (exact) mass is 354 g/mol. The SMILES string of the molecule is O=C(CC1CC2CCC(C1)N2)Nc1cc(F)ccc1Oc1ccccc1. The Labute approximate surface area is 152 Å². The average molecular weight is 354 g/mol. The quantitative estimate of drug-likeness (QED) is 0.832. The van der Waals surface area contributed by atoms with Crippen molar-refractivity contribution in [1.29, 1.82) is 0 Å². The Balaban J connectivity index is 1.43. The smallest absolute Gasteiger partial charge is 0.224 e. The van der Waals surface area contributed by atoms with E-state index in [9.17, 15) is 9.18 Å². The lowest BCUT2D eigenvalue weighted by atomic mass is 9.89. The highest BCUT2D eigenvalue weighted by molar-refractivity contribution is 5.92. The van der Waals surface area contributed by atoms with E-state index in [0.29, 0.717) is 41.6 Å². The maximum atomic E-state index is 13.7. The topological polar surface area (TPSA) is 50.4 Å². The summed E-state index contributed by atoms with van der Waals surface area (Å²) in [6.07, 6.45) is 4.97. The average Bonchev–Trinajstić information content (AvgIpc) is 2.96. The minimum atomic E-state index is -0.402. The maximum Gasteiger partial charge on any atom is 0.224 e. The molecule has 0 spiro atoms. The zero-order chi connectivity index (χ0) is 17.9. The van der Waals surface area contributed by atoms with Crippen molar-refractivity contribution in [1.82, 2.24) is 5.32 Å². The van der Waals surface area contributed by atoms with Crippen LogP contribution in [0.15, 0.2) is 48.5 Å². The molecule has 2 aliphatic heterocycles. The van der Waals surface area contributed by atoms with Crippen LogP contribution >= 0.6 is 0 Å². The zero-order valence-electron chi connectivity index (χ0n) is 14.6. The van der Waals surface area contributed by atoms with Gasteiger partial charge in [0.1, 0.15) is 11.6 Å². The van der Waals surface area contributed by atoms with Crippen LogP contribution in [0, 0.1) is 11.7 Å². The molecule has 0 radical (unpaired) electrons. The molecule has 5 heteroatoms. The van der Waals surface area contributed by atoms with Crippen molar-refractivity contribution in [2.24, 2.45) is 5.92 Å². The van der Waals surface area contributed by atoms with Gasteiger partial charge in [-0.1, -0.05) is 18.2 Å². The first-order valence-corrected chi connectivity index (χ1v) is 9.24. The van der Waals surface area contributed by atoms with Crippen molar-refractivity contribution in [3.05, 3.63) is 54.3 Å². The Bertz CT molecular complexity index is 769. The van der Waals surface area contributed by atoms with Gasteiger partial charge >= 0.3 is 0 Å². The first-order valence-electron chi connectivity index (χ1n) is 9.24. The third-order valence-electron chi connectivity index (χ3n) is 5.23. The molecule has 4 nitrogen and oxygen atoms in total. The molecule has 0 aromatic heterocycles. The fraction of sp³-hybridized carbons (Fsp3) is 0.381. The summed E-state index contributed by atoms with van der Waals surface area (Å²) in [6.45, 7) is 0. The van der Waals surface area contributed by atoms with E-state index in [2.05, 4.69) is 10.6 Å². The number of ether oxygens (including phenoxy) is 1. The lowest BCUT2D eigenvalue weighted by molar-refractivity contribution is -0.117. The minimum Gasteiger partial charge on any atom is -0.455 e. The van der Waals surface area contributed by atoms with Crippen LogP contribution in [0.4, 0.5) is 10.1 Å². The van der Waals surface area contributed by atoms with Crippen LogP contribution < -0.4 is 15.4 Å². The lowest BCUT2D eigenvalue weighted by Gasteiger charge is -2.28. The third-order valence-corrected chi connectivity index (χ3v) is 5.23. The molecule has 2 aromatic rings. The fourth-order valence-corrected chi connectivity index (χ4v) is 4.11. The molecule has 2 heterocycles. The molecule has 0 aliphatic carbocycles. The van der Waals surface area contributed by atoms with Gasteiger partial charge in [0.25, 0.3) is 0 Å². The summed E-state index contributed by atoms with van der Waals surface area (Å²) >= 11 is 0. The third kappa shape index (κ3) is 4.05. The van der Waals surface area contributed by atoms with Gasteiger partial charge in [0.05, 0.1) is 5.69 Å². The van der Waals surface area contributed by atoms with Crippen molar-refractivity contribution >= 4 is 11.6 Å². The van der Waals surface area contributed by atoms with Crippen LogP contribution in [-0.2, 0) is 4.79 Å². The molecule has 2 aromatic carbocycles. The van der Waals surface area contributed by atoms with Gasteiger partial charge in [0, 0.05) is 24.6 Å². The molecule has 2 fully saturated rings. The van der Waals surface area contributed by atoms with Gasteiger partial charge in [-0.2, -0.15) is 0 Å². The van der Waals surface area contributed by atoms with Gasteiger partial charge in [-0.15, -0.1) is 0 Å². The summed E-state index contributed by atoms with van der Waals surface area (Å²) in [5, 5.41) is 6.43. The van der Waals surface area contributed by atoms with Crippen LogP contribution in [0.2, 0.25) is 0 Å². The Kier molecular flexibility index (Phi) is 4.89. The molecule has 2 atom stereocenters. The first-order chi connectivity index (χ1) is 12.7. The summed E-state index contributed by atoms with van der Waals surface area (Å²) in [5.41, 5.74) is 0.371. The maximum absolute atomic E-state index is 13.7. The number of fused-ring (bicyclic) bond motifs is 2. The van der Waals surface area contributed by atoms with Gasteiger partial charge in [0.15, 0.2) is 5.75 Å². The molecule has 26 heavy (non-hydrogen) atoms. The van der Waals surface area contributed by atoms with Gasteiger partial charge in [0.2, 0.25) is 5.91 Å². The highest BCUT2D eigenvalue weighted by atomic mass is 19.1. The zero-order valence-corrected chi connectivity index (χ0v) is 14.6. The molecule has 1 amide bonds. The van der Waals surface area contributed by atoms with E-state index in [1.54, 1.807) is 6.07 Å². The molecule has 2 bridgehead atoms. The minimum absolute atomic E-state index is 0.0835. The number of piperidine rings is 1. The van der Waals surface area contributed by atoms with Gasteiger partial charge in [-0.3, -0.25) is 4.79 Å². The van der Waals surface area contributed by atoms with Crippen LogP contribution in [0.3, 0.4) is 0 Å². The highest BCUT2D eigenvalue weighted by Gasteiger charge is 2.34. The second kappa shape index (κ2) is 7.46. The summed E-state index contributed by atoms with van der Waals surface area (Å²) in [6, 6.07) is 14.6. The van der Waals surface area contributed by atoms with Crippen molar-refractivity contribution in [3.63, 3.8) is 0 Å². The molecule has 2 unspecified atom stereocenters. The molecular formula is C21H23FN2O2. The van der Waals surface area contributed by atoms with Crippen LogP contribution in [0.5, 0.6) is 11.5 Å². The number of rotatable bonds is 5. The Morgan fingerprint density at radius 2 is 1.85 bits per heavy atom. The number of hydrogen-bond donors (Lipinski definition) is 2. The van der Waals surface area contributed by atoms with E-state index >= 15 is 0 Å². The van der Waals surface area contributed by atoms with Crippen molar-refractivity contribution in [3.8, 4) is 11.5 Å². The molecule has 2 saturated heterocycles. The van der Waals surface area contributed by atoms with Crippen molar-refractivity contribution < 1.29 is 13.9 Å². The second-order valence-electron chi connectivity index (χ2n) is 7.28. The Morgan fingerprint density at radius 1 is 1.12 bits per heavy atom. The predicted molar refractivity (Wildman–Crippen MR) is 98.8 cm³/mol. The van der Waals surface area contributed by atoms with Gasteiger partial charge in [-0.25, -0.2) is 4.39 Å².